The molecule has 2 heterocycles. The van der Waals surface area contributed by atoms with E-state index in [4.69, 9.17) is 15.1 Å². The number of nitrogens with two attached hydrogens (primary N) is 1. The lowest BCUT2D eigenvalue weighted by atomic mass is 10.1. The summed E-state index contributed by atoms with van der Waals surface area (Å²) in [6.45, 7) is 2.45. The van der Waals surface area contributed by atoms with Gasteiger partial charge in [0.1, 0.15) is 0 Å². The van der Waals surface area contributed by atoms with Crippen molar-refractivity contribution in [1.82, 2.24) is 14.7 Å². The first-order valence-electron chi connectivity index (χ1n) is 7.21. The van der Waals surface area contributed by atoms with Crippen LogP contribution in [0, 0.1) is 0 Å². The Hall–Kier alpha value is -2.94. The van der Waals surface area contributed by atoms with Gasteiger partial charge in [-0.25, -0.2) is 9.78 Å². The number of benzene rings is 1. The molecule has 1 aromatic carbocycles. The lowest BCUT2D eigenvalue weighted by Gasteiger charge is -2.06. The number of nitrogen functional groups attached to an aromatic ring is 1. The summed E-state index contributed by atoms with van der Waals surface area (Å²) in [5, 5.41) is 6.42. The highest BCUT2D eigenvalue weighted by Gasteiger charge is 2.17. The molecule has 9 heteroatoms. The van der Waals surface area contributed by atoms with Crippen molar-refractivity contribution in [3.63, 3.8) is 0 Å². The van der Waals surface area contributed by atoms with Crippen LogP contribution in [-0.2, 0) is 18.0 Å². The second-order valence-corrected chi connectivity index (χ2v) is 5.63. The molecule has 0 unspecified atom stereocenters. The van der Waals surface area contributed by atoms with Crippen LogP contribution in [0.2, 0.25) is 0 Å². The van der Waals surface area contributed by atoms with Crippen LogP contribution < -0.4 is 11.5 Å². The highest BCUT2D eigenvalue weighted by molar-refractivity contribution is 7.13. The summed E-state index contributed by atoms with van der Waals surface area (Å²) < 4.78 is 6.39. The molecule has 2 N–H and O–H groups in total. The van der Waals surface area contributed by atoms with E-state index in [2.05, 4.69) is 15.1 Å². The molecule has 8 nitrogen and oxygen atoms in total. The van der Waals surface area contributed by atoms with Crippen molar-refractivity contribution in [2.45, 2.75) is 20.1 Å². The van der Waals surface area contributed by atoms with Crippen molar-refractivity contribution in [2.75, 3.05) is 5.73 Å². The van der Waals surface area contributed by atoms with Crippen LogP contribution in [0.3, 0.4) is 0 Å². The molecule has 0 aliphatic heterocycles. The van der Waals surface area contributed by atoms with Gasteiger partial charge in [-0.2, -0.15) is 9.72 Å². The van der Waals surface area contributed by atoms with E-state index < -0.39 is 5.76 Å². The molecule has 124 valence electrons. The number of aromatic nitrogens is 3. The lowest BCUT2D eigenvalue weighted by Crippen LogP contribution is -2.13. The monoisotopic (exact) mass is 345 g/mol. The smallest absolute Gasteiger partial charge is 0.389 e. The van der Waals surface area contributed by atoms with Crippen molar-refractivity contribution in [2.24, 2.45) is 5.16 Å². The molecule has 3 rings (SSSR count). The predicted octanol–water partition coefficient (Wildman–Crippen LogP) is 1.86. The third-order valence-electron chi connectivity index (χ3n) is 3.11. The highest BCUT2D eigenvalue weighted by Crippen LogP contribution is 2.13. The fourth-order valence-corrected chi connectivity index (χ4v) is 2.60. The fraction of sp³-hybridized carbons (Fsp3) is 0.200. The molecule has 24 heavy (non-hydrogen) atoms. The zero-order valence-corrected chi connectivity index (χ0v) is 13.7. The van der Waals surface area contributed by atoms with E-state index in [0.717, 1.165) is 5.56 Å². The van der Waals surface area contributed by atoms with Gasteiger partial charge in [0.15, 0.2) is 17.5 Å². The van der Waals surface area contributed by atoms with Crippen LogP contribution in [0.5, 0.6) is 0 Å². The largest absolute Gasteiger partial charge is 0.460 e. The third kappa shape index (κ3) is 3.51. The second-order valence-electron chi connectivity index (χ2n) is 4.74. The number of thiazole rings is 1. The molecule has 3 aromatic rings. The molecule has 0 atom stereocenters. The molecular weight excluding hydrogens is 330 g/mol. The number of nitrogens with zero attached hydrogens (tertiary/aromatic N) is 4. The second kappa shape index (κ2) is 7.09. The van der Waals surface area contributed by atoms with E-state index in [9.17, 15) is 4.79 Å². The standard InChI is InChI=1S/C15H15N5O3S/c1-2-20-13(18-15(21)23-20)12(10-6-4-3-5-7-10)19-22-8-11-9-24-14(16)17-11/h3-7,9H,2,8H2,1H3,(H2,16,17)/b19-12+. The zero-order chi connectivity index (χ0) is 16.9. The van der Waals surface area contributed by atoms with Gasteiger partial charge >= 0.3 is 5.76 Å². The SMILES string of the molecule is CCn1oc(=O)nc1/C(=N/OCc1csc(N)n1)c1ccccc1. The molecule has 0 amide bonds. The number of hydrogen-bond donors (Lipinski definition) is 1. The van der Waals surface area contributed by atoms with Crippen LogP contribution in [-0.4, -0.2) is 20.4 Å². The van der Waals surface area contributed by atoms with E-state index in [1.807, 2.05) is 37.3 Å². The van der Waals surface area contributed by atoms with Crippen LogP contribution in [0.1, 0.15) is 24.0 Å². The van der Waals surface area contributed by atoms with Crippen LogP contribution in [0.15, 0.2) is 50.2 Å². The zero-order valence-electron chi connectivity index (χ0n) is 12.9. The van der Waals surface area contributed by atoms with Gasteiger partial charge in [-0.15, -0.1) is 11.3 Å². The van der Waals surface area contributed by atoms with Crippen LogP contribution in [0.25, 0.3) is 0 Å². The average Bonchev–Trinajstić information content (AvgIpc) is 3.17. The quantitative estimate of drug-likeness (QED) is 0.539. The number of aryl methyl sites for hydroxylation is 1. The summed E-state index contributed by atoms with van der Waals surface area (Å²) in [6, 6.07) is 9.31. The van der Waals surface area contributed by atoms with Gasteiger partial charge in [-0.05, 0) is 6.92 Å². The molecule has 0 radical (unpaired) electrons. The van der Waals surface area contributed by atoms with E-state index in [0.29, 0.717) is 28.9 Å². The third-order valence-corrected chi connectivity index (χ3v) is 3.83. The molecule has 0 aliphatic rings. The van der Waals surface area contributed by atoms with Crippen molar-refractivity contribution in [3.8, 4) is 0 Å². The number of hydrogen-bond acceptors (Lipinski definition) is 8. The van der Waals surface area contributed by atoms with Gasteiger partial charge in [0.2, 0.25) is 5.82 Å². The Kier molecular flexibility index (Phi) is 4.71. The normalized spacial score (nSPS) is 11.6. The van der Waals surface area contributed by atoms with Gasteiger partial charge < -0.3 is 15.1 Å². The maximum atomic E-state index is 11.5. The average molecular weight is 345 g/mol. The molecular formula is C15H15N5O3S. The van der Waals surface area contributed by atoms with E-state index in [-0.39, 0.29) is 6.61 Å². The van der Waals surface area contributed by atoms with E-state index in [1.54, 1.807) is 5.38 Å². The molecule has 0 saturated carbocycles. The van der Waals surface area contributed by atoms with Gasteiger partial charge in [0.25, 0.3) is 0 Å². The summed E-state index contributed by atoms with van der Waals surface area (Å²) in [6.07, 6.45) is 0. The van der Waals surface area contributed by atoms with Gasteiger partial charge in [-0.3, -0.25) is 0 Å². The summed E-state index contributed by atoms with van der Waals surface area (Å²) in [5.41, 5.74) is 7.43. The summed E-state index contributed by atoms with van der Waals surface area (Å²) >= 11 is 1.33. The first-order chi connectivity index (χ1) is 11.7. The first kappa shape index (κ1) is 15.9. The Bertz CT molecular complexity index is 897. The van der Waals surface area contributed by atoms with Crippen LogP contribution >= 0.6 is 11.3 Å². The van der Waals surface area contributed by atoms with Crippen molar-refractivity contribution < 1.29 is 9.36 Å². The molecule has 0 fully saturated rings. The van der Waals surface area contributed by atoms with Gasteiger partial charge in [0.05, 0.1) is 12.2 Å². The fourth-order valence-electron chi connectivity index (χ4n) is 2.06. The maximum absolute atomic E-state index is 11.5. The molecule has 0 aliphatic carbocycles. The number of rotatable bonds is 6. The topological polar surface area (TPSA) is 109 Å². The molecule has 0 spiro atoms. The minimum atomic E-state index is -0.678. The Morgan fingerprint density at radius 2 is 2.17 bits per heavy atom. The Morgan fingerprint density at radius 1 is 1.38 bits per heavy atom. The number of anilines is 1. The maximum Gasteiger partial charge on any atom is 0.460 e. The highest BCUT2D eigenvalue weighted by atomic mass is 32.1. The van der Waals surface area contributed by atoms with Crippen molar-refractivity contribution in [3.05, 3.63) is 63.3 Å². The molecule has 0 saturated heterocycles. The minimum absolute atomic E-state index is 0.165. The first-order valence-corrected chi connectivity index (χ1v) is 8.09. The van der Waals surface area contributed by atoms with Crippen molar-refractivity contribution in [1.29, 1.82) is 0 Å². The molecule has 2 aromatic heterocycles. The van der Waals surface area contributed by atoms with Gasteiger partial charge in [-0.1, -0.05) is 35.5 Å². The van der Waals surface area contributed by atoms with E-state index in [1.165, 1.54) is 16.1 Å². The molecule has 0 bridgehead atoms. The Morgan fingerprint density at radius 3 is 2.83 bits per heavy atom. The lowest BCUT2D eigenvalue weighted by molar-refractivity contribution is 0.128. The predicted molar refractivity (Wildman–Crippen MR) is 89.8 cm³/mol. The minimum Gasteiger partial charge on any atom is -0.389 e. The van der Waals surface area contributed by atoms with E-state index >= 15 is 0 Å². The van der Waals surface area contributed by atoms with Gasteiger partial charge in [0, 0.05) is 10.9 Å². The van der Waals surface area contributed by atoms with Crippen LogP contribution in [0.4, 0.5) is 5.13 Å². The Balaban J connectivity index is 1.93. The summed E-state index contributed by atoms with van der Waals surface area (Å²) in [5.74, 6) is -0.366. The number of oxime groups is 1. The summed E-state index contributed by atoms with van der Waals surface area (Å²) in [7, 11) is 0. The summed E-state index contributed by atoms with van der Waals surface area (Å²) in [4.78, 5) is 24.9. The Labute approximate surface area is 141 Å². The van der Waals surface area contributed by atoms with Crippen molar-refractivity contribution >= 4 is 22.2 Å².